The first kappa shape index (κ1) is 22.6. The van der Waals surface area contributed by atoms with Gasteiger partial charge in [-0.05, 0) is 48.4 Å². The third-order valence-corrected chi connectivity index (χ3v) is 5.79. The monoisotopic (exact) mass is 480 g/mol. The zero-order valence-electron chi connectivity index (χ0n) is 17.5. The molecule has 1 aliphatic heterocycles. The molecule has 0 atom stereocenters. The minimum atomic E-state index is -0.791. The molecule has 166 valence electrons. The molecule has 33 heavy (non-hydrogen) atoms. The molecule has 1 saturated heterocycles. The molecule has 3 aromatic rings. The number of urea groups is 1. The van der Waals surface area contributed by atoms with Gasteiger partial charge in [-0.2, -0.15) is 0 Å². The van der Waals surface area contributed by atoms with E-state index in [1.54, 1.807) is 73.7 Å². The highest BCUT2D eigenvalue weighted by Gasteiger charge is 2.37. The van der Waals surface area contributed by atoms with Crippen molar-refractivity contribution in [1.82, 2.24) is 5.32 Å². The number of ether oxygens (including phenoxy) is 1. The van der Waals surface area contributed by atoms with Gasteiger partial charge in [-0.1, -0.05) is 65.7 Å². The van der Waals surface area contributed by atoms with E-state index in [1.807, 2.05) is 0 Å². The van der Waals surface area contributed by atoms with Gasteiger partial charge in [0, 0.05) is 5.56 Å². The maximum absolute atomic E-state index is 13.2. The van der Waals surface area contributed by atoms with Crippen molar-refractivity contribution in [3.05, 3.63) is 99.0 Å². The van der Waals surface area contributed by atoms with Crippen molar-refractivity contribution in [2.45, 2.75) is 13.5 Å². The Bertz CT molecular complexity index is 1300. The van der Waals surface area contributed by atoms with Crippen LogP contribution in [-0.2, 0) is 16.2 Å². The van der Waals surface area contributed by atoms with Crippen LogP contribution < -0.4 is 15.0 Å². The highest BCUT2D eigenvalue weighted by atomic mass is 35.5. The van der Waals surface area contributed by atoms with E-state index in [2.05, 4.69) is 5.32 Å². The summed E-state index contributed by atoms with van der Waals surface area (Å²) in [5.74, 6) is -1.03. The van der Waals surface area contributed by atoms with Crippen molar-refractivity contribution in [2.24, 2.45) is 0 Å². The molecule has 6 nitrogen and oxygen atoms in total. The third-order valence-electron chi connectivity index (χ3n) is 5.06. The number of aryl methyl sites for hydroxylation is 1. The van der Waals surface area contributed by atoms with Crippen LogP contribution in [0.2, 0.25) is 10.0 Å². The molecular weight excluding hydrogens is 463 g/mol. The summed E-state index contributed by atoms with van der Waals surface area (Å²) in [5.41, 5.74) is 2.26. The highest BCUT2D eigenvalue weighted by Crippen LogP contribution is 2.28. The maximum atomic E-state index is 13.2. The number of para-hydroxylation sites is 2. The number of amides is 4. The molecule has 3 aromatic carbocycles. The summed E-state index contributed by atoms with van der Waals surface area (Å²) >= 11 is 12.0. The molecule has 8 heteroatoms. The minimum Gasteiger partial charge on any atom is -0.488 e. The Morgan fingerprint density at radius 1 is 0.939 bits per heavy atom. The summed E-state index contributed by atoms with van der Waals surface area (Å²) in [6, 6.07) is 18.3. The molecule has 0 unspecified atom stereocenters. The fraction of sp³-hybridized carbons (Fsp3) is 0.0800. The Hall–Kier alpha value is -3.61. The molecule has 1 heterocycles. The van der Waals surface area contributed by atoms with Gasteiger partial charge in [0.15, 0.2) is 0 Å². The van der Waals surface area contributed by atoms with Crippen LogP contribution in [0.1, 0.15) is 16.7 Å². The Morgan fingerprint density at radius 2 is 1.67 bits per heavy atom. The van der Waals surface area contributed by atoms with Crippen molar-refractivity contribution in [3.63, 3.8) is 0 Å². The summed E-state index contributed by atoms with van der Waals surface area (Å²) in [7, 11) is 0. The Morgan fingerprint density at radius 3 is 2.42 bits per heavy atom. The summed E-state index contributed by atoms with van der Waals surface area (Å²) in [5, 5.41) is 3.10. The molecule has 0 aromatic heterocycles. The molecule has 4 amide bonds. The lowest BCUT2D eigenvalue weighted by atomic mass is 10.1. The maximum Gasteiger partial charge on any atom is 0.335 e. The van der Waals surface area contributed by atoms with Crippen LogP contribution in [0.4, 0.5) is 10.5 Å². The summed E-state index contributed by atoms with van der Waals surface area (Å²) in [6.07, 6.45) is 1.42. The van der Waals surface area contributed by atoms with E-state index in [-0.39, 0.29) is 12.2 Å². The predicted molar refractivity (Wildman–Crippen MR) is 127 cm³/mol. The first-order valence-electron chi connectivity index (χ1n) is 9.98. The molecule has 1 aliphatic rings. The summed E-state index contributed by atoms with van der Waals surface area (Å²) in [6.45, 7) is 1.98. The second-order valence-corrected chi connectivity index (χ2v) is 8.13. The van der Waals surface area contributed by atoms with Gasteiger partial charge >= 0.3 is 6.03 Å². The molecule has 0 aliphatic carbocycles. The Kier molecular flexibility index (Phi) is 6.49. The second-order valence-electron chi connectivity index (χ2n) is 7.32. The normalized spacial score (nSPS) is 15.1. The van der Waals surface area contributed by atoms with Gasteiger partial charge in [0.2, 0.25) is 0 Å². The summed E-state index contributed by atoms with van der Waals surface area (Å²) in [4.78, 5) is 39.1. The van der Waals surface area contributed by atoms with Crippen molar-refractivity contribution < 1.29 is 19.1 Å². The first-order chi connectivity index (χ1) is 15.8. The SMILES string of the molecule is Cc1ccccc1N1C(=O)NC(=O)/C(=C\c2ccccc2OCc2ccc(Cl)c(Cl)c2)C1=O. The molecule has 0 saturated carbocycles. The fourth-order valence-corrected chi connectivity index (χ4v) is 3.69. The molecule has 0 radical (unpaired) electrons. The van der Waals surface area contributed by atoms with Crippen molar-refractivity contribution in [2.75, 3.05) is 4.90 Å². The average molecular weight is 481 g/mol. The van der Waals surface area contributed by atoms with E-state index in [1.165, 1.54) is 6.08 Å². The largest absolute Gasteiger partial charge is 0.488 e. The van der Waals surface area contributed by atoms with Gasteiger partial charge in [-0.25, -0.2) is 9.69 Å². The summed E-state index contributed by atoms with van der Waals surface area (Å²) < 4.78 is 5.91. The number of barbiturate groups is 1. The average Bonchev–Trinajstić information content (AvgIpc) is 2.79. The number of hydrogen-bond acceptors (Lipinski definition) is 4. The van der Waals surface area contributed by atoms with E-state index in [0.29, 0.717) is 27.0 Å². The van der Waals surface area contributed by atoms with Gasteiger partial charge in [0.05, 0.1) is 15.7 Å². The fourth-order valence-electron chi connectivity index (χ4n) is 3.37. The van der Waals surface area contributed by atoms with E-state index < -0.39 is 17.8 Å². The number of rotatable bonds is 5. The van der Waals surface area contributed by atoms with Gasteiger partial charge in [-0.3, -0.25) is 14.9 Å². The second kappa shape index (κ2) is 9.48. The number of imide groups is 2. The first-order valence-corrected chi connectivity index (χ1v) is 10.7. The molecule has 1 fully saturated rings. The van der Waals surface area contributed by atoms with Crippen LogP contribution in [-0.4, -0.2) is 17.8 Å². The van der Waals surface area contributed by atoms with Crippen molar-refractivity contribution in [1.29, 1.82) is 0 Å². The highest BCUT2D eigenvalue weighted by molar-refractivity contribution is 6.42. The Balaban J connectivity index is 1.64. The molecule has 0 bridgehead atoms. The van der Waals surface area contributed by atoms with Crippen molar-refractivity contribution in [3.8, 4) is 5.75 Å². The van der Waals surface area contributed by atoms with Gasteiger partial charge < -0.3 is 4.74 Å². The number of carbonyl (C=O) groups is 3. The van der Waals surface area contributed by atoms with Gasteiger partial charge in [0.1, 0.15) is 17.9 Å². The lowest BCUT2D eigenvalue weighted by molar-refractivity contribution is -0.122. The molecule has 0 spiro atoms. The van der Waals surface area contributed by atoms with Crippen LogP contribution in [0, 0.1) is 6.92 Å². The van der Waals surface area contributed by atoms with Crippen LogP contribution in [0.3, 0.4) is 0 Å². The van der Waals surface area contributed by atoms with Crippen LogP contribution in [0.15, 0.2) is 72.3 Å². The Labute approximate surface area is 200 Å². The lowest BCUT2D eigenvalue weighted by Crippen LogP contribution is -2.54. The zero-order valence-corrected chi connectivity index (χ0v) is 19.0. The number of halogens is 2. The quantitative estimate of drug-likeness (QED) is 0.383. The van der Waals surface area contributed by atoms with E-state index in [9.17, 15) is 14.4 Å². The molecule has 1 N–H and O–H groups in total. The number of nitrogens with zero attached hydrogens (tertiary/aromatic N) is 1. The smallest absolute Gasteiger partial charge is 0.335 e. The van der Waals surface area contributed by atoms with Crippen LogP contribution in [0.5, 0.6) is 5.75 Å². The van der Waals surface area contributed by atoms with Crippen LogP contribution in [0.25, 0.3) is 6.08 Å². The van der Waals surface area contributed by atoms with Crippen LogP contribution >= 0.6 is 23.2 Å². The topological polar surface area (TPSA) is 75.7 Å². The number of anilines is 1. The van der Waals surface area contributed by atoms with Gasteiger partial charge in [-0.15, -0.1) is 0 Å². The van der Waals surface area contributed by atoms with E-state index >= 15 is 0 Å². The lowest BCUT2D eigenvalue weighted by Gasteiger charge is -2.27. The number of carbonyl (C=O) groups excluding carboxylic acids is 3. The van der Waals surface area contributed by atoms with E-state index in [4.69, 9.17) is 27.9 Å². The number of nitrogens with one attached hydrogen (secondary N) is 1. The number of hydrogen-bond donors (Lipinski definition) is 1. The number of benzene rings is 3. The molecule has 4 rings (SSSR count). The third kappa shape index (κ3) is 4.77. The standard InChI is InChI=1S/C25H18Cl2N2O4/c1-15-6-2-4-8-21(15)29-24(31)18(23(30)28-25(29)32)13-17-7-3-5-9-22(17)33-14-16-10-11-19(26)20(27)12-16/h2-13H,14H2,1H3,(H,28,30,32)/b18-13+. The molecular formula is C25H18Cl2N2O4. The zero-order chi connectivity index (χ0) is 23.5. The van der Waals surface area contributed by atoms with E-state index in [0.717, 1.165) is 16.0 Å². The van der Waals surface area contributed by atoms with Crippen molar-refractivity contribution >= 4 is 52.8 Å². The van der Waals surface area contributed by atoms with Gasteiger partial charge in [0.25, 0.3) is 11.8 Å². The predicted octanol–water partition coefficient (Wildman–Crippen LogP) is 5.55. The minimum absolute atomic E-state index is 0.177.